The number of aromatic nitrogens is 3. The maximum atomic E-state index is 13.7. The molecular formula is C28H28N4O3. The number of hydrogen-bond donors (Lipinski definition) is 2. The number of methoxy groups -OCH3 is 1. The van der Waals surface area contributed by atoms with Crippen molar-refractivity contribution in [1.82, 2.24) is 20.1 Å². The molecule has 1 aliphatic heterocycles. The van der Waals surface area contributed by atoms with Crippen LogP contribution < -0.4 is 4.74 Å². The Bertz CT molecular complexity index is 1370. The molecule has 35 heavy (non-hydrogen) atoms. The molecule has 0 unspecified atom stereocenters. The Balaban J connectivity index is 1.59. The van der Waals surface area contributed by atoms with Crippen LogP contribution in [0, 0.1) is 0 Å². The number of H-pyrrole nitrogens is 1. The molecule has 1 atom stereocenters. The van der Waals surface area contributed by atoms with Crippen LogP contribution in [0.15, 0.2) is 67.1 Å². The predicted octanol–water partition coefficient (Wildman–Crippen LogP) is 5.09. The lowest BCUT2D eigenvalue weighted by molar-refractivity contribution is 0.0714. The predicted molar refractivity (Wildman–Crippen MR) is 134 cm³/mol. The highest BCUT2D eigenvalue weighted by atomic mass is 16.5. The average molecular weight is 469 g/mol. The van der Waals surface area contributed by atoms with Gasteiger partial charge in [0, 0.05) is 35.6 Å². The van der Waals surface area contributed by atoms with Crippen molar-refractivity contribution in [2.24, 2.45) is 0 Å². The van der Waals surface area contributed by atoms with Gasteiger partial charge < -0.3 is 14.7 Å². The van der Waals surface area contributed by atoms with E-state index in [0.29, 0.717) is 17.8 Å². The molecule has 0 saturated heterocycles. The molecule has 2 aromatic carbocycles. The summed E-state index contributed by atoms with van der Waals surface area (Å²) in [7, 11) is 1.64. The molecule has 1 amide bonds. The van der Waals surface area contributed by atoms with E-state index in [1.807, 2.05) is 60.5 Å². The van der Waals surface area contributed by atoms with E-state index in [4.69, 9.17) is 4.74 Å². The van der Waals surface area contributed by atoms with Crippen LogP contribution in [0.2, 0.25) is 0 Å². The lowest BCUT2D eigenvalue weighted by Crippen LogP contribution is -2.27. The summed E-state index contributed by atoms with van der Waals surface area (Å²) < 4.78 is 5.39. The SMILES string of the molecule is COc1cccc([C@@H](C)N2Cc3c(cc(-c4cn[nH]c4)cc3-c3ccc(C(C)(C)O)nc3)C2=O)c1. The second-order valence-corrected chi connectivity index (χ2v) is 9.41. The number of hydrogen-bond acceptors (Lipinski definition) is 5. The maximum Gasteiger partial charge on any atom is 0.255 e. The first-order valence-corrected chi connectivity index (χ1v) is 11.6. The third-order valence-corrected chi connectivity index (χ3v) is 6.65. The number of nitrogens with zero attached hydrogens (tertiary/aromatic N) is 3. The number of aromatic amines is 1. The largest absolute Gasteiger partial charge is 0.497 e. The highest BCUT2D eigenvalue weighted by molar-refractivity contribution is 6.02. The van der Waals surface area contributed by atoms with Crippen molar-refractivity contribution in [2.45, 2.75) is 39.0 Å². The first-order chi connectivity index (χ1) is 16.8. The highest BCUT2D eigenvalue weighted by Gasteiger charge is 2.34. The maximum absolute atomic E-state index is 13.7. The quantitative estimate of drug-likeness (QED) is 0.411. The van der Waals surface area contributed by atoms with Crippen molar-refractivity contribution < 1.29 is 14.6 Å². The lowest BCUT2D eigenvalue weighted by Gasteiger charge is -2.25. The van der Waals surface area contributed by atoms with Gasteiger partial charge in [0.2, 0.25) is 0 Å². The van der Waals surface area contributed by atoms with Crippen LogP contribution in [0.5, 0.6) is 5.75 Å². The summed E-state index contributed by atoms with van der Waals surface area (Å²) in [6.07, 6.45) is 5.33. The first-order valence-electron chi connectivity index (χ1n) is 11.6. The van der Waals surface area contributed by atoms with Gasteiger partial charge in [-0.1, -0.05) is 18.2 Å². The van der Waals surface area contributed by atoms with E-state index in [2.05, 4.69) is 21.2 Å². The van der Waals surface area contributed by atoms with Gasteiger partial charge in [-0.2, -0.15) is 5.10 Å². The van der Waals surface area contributed by atoms with E-state index < -0.39 is 5.60 Å². The van der Waals surface area contributed by atoms with Gasteiger partial charge in [0.15, 0.2) is 0 Å². The van der Waals surface area contributed by atoms with Crippen LogP contribution in [-0.4, -0.2) is 38.2 Å². The number of carbonyl (C=O) groups excluding carboxylic acids is 1. The van der Waals surface area contributed by atoms with Crippen molar-refractivity contribution in [3.8, 4) is 28.0 Å². The molecule has 2 N–H and O–H groups in total. The van der Waals surface area contributed by atoms with Gasteiger partial charge in [0.25, 0.3) is 5.91 Å². The third kappa shape index (κ3) is 4.19. The monoisotopic (exact) mass is 468 g/mol. The van der Waals surface area contributed by atoms with Crippen molar-refractivity contribution in [2.75, 3.05) is 7.11 Å². The highest BCUT2D eigenvalue weighted by Crippen LogP contribution is 2.40. The molecule has 7 nitrogen and oxygen atoms in total. The lowest BCUT2D eigenvalue weighted by atomic mass is 9.92. The molecule has 4 aromatic rings. The van der Waals surface area contributed by atoms with E-state index in [1.54, 1.807) is 33.4 Å². The minimum Gasteiger partial charge on any atom is -0.497 e. The molecule has 0 bridgehead atoms. The number of aliphatic hydroxyl groups is 1. The minimum absolute atomic E-state index is 0.0111. The zero-order valence-electron chi connectivity index (χ0n) is 20.2. The van der Waals surface area contributed by atoms with Crippen LogP contribution in [-0.2, 0) is 12.1 Å². The molecule has 5 rings (SSSR count). The summed E-state index contributed by atoms with van der Waals surface area (Å²) in [6, 6.07) is 15.5. The second kappa shape index (κ2) is 8.67. The zero-order valence-corrected chi connectivity index (χ0v) is 20.2. The van der Waals surface area contributed by atoms with Gasteiger partial charge in [-0.05, 0) is 73.4 Å². The third-order valence-electron chi connectivity index (χ3n) is 6.65. The van der Waals surface area contributed by atoms with Gasteiger partial charge in [-0.15, -0.1) is 0 Å². The average Bonchev–Trinajstić information content (AvgIpc) is 3.51. The van der Waals surface area contributed by atoms with Gasteiger partial charge in [-0.25, -0.2) is 0 Å². The Labute approximate surface area is 204 Å². The van der Waals surface area contributed by atoms with E-state index in [9.17, 15) is 9.90 Å². The van der Waals surface area contributed by atoms with E-state index in [0.717, 1.165) is 39.1 Å². The number of amides is 1. The fraction of sp³-hybridized carbons (Fsp3) is 0.250. The van der Waals surface area contributed by atoms with E-state index in [1.165, 1.54) is 0 Å². The molecule has 0 aliphatic carbocycles. The molecule has 7 heteroatoms. The van der Waals surface area contributed by atoms with Gasteiger partial charge in [0.1, 0.15) is 11.4 Å². The van der Waals surface area contributed by atoms with Crippen LogP contribution in [0.25, 0.3) is 22.3 Å². The number of fused-ring (bicyclic) bond motifs is 1. The van der Waals surface area contributed by atoms with E-state index in [-0.39, 0.29) is 11.9 Å². The Morgan fingerprint density at radius 1 is 1.06 bits per heavy atom. The molecule has 3 heterocycles. The fourth-order valence-electron chi connectivity index (χ4n) is 4.57. The Morgan fingerprint density at radius 3 is 2.51 bits per heavy atom. The molecule has 0 radical (unpaired) electrons. The number of rotatable bonds is 6. The number of ether oxygens (including phenoxy) is 1. The van der Waals surface area contributed by atoms with Crippen LogP contribution >= 0.6 is 0 Å². The molecule has 178 valence electrons. The van der Waals surface area contributed by atoms with Crippen LogP contribution in [0.3, 0.4) is 0 Å². The van der Waals surface area contributed by atoms with Crippen molar-refractivity contribution in [3.05, 3.63) is 89.5 Å². The second-order valence-electron chi connectivity index (χ2n) is 9.41. The van der Waals surface area contributed by atoms with Crippen molar-refractivity contribution in [3.63, 3.8) is 0 Å². The normalized spacial score (nSPS) is 14.2. The van der Waals surface area contributed by atoms with Crippen molar-refractivity contribution >= 4 is 5.91 Å². The Hall–Kier alpha value is -3.97. The molecular weight excluding hydrogens is 440 g/mol. The summed E-state index contributed by atoms with van der Waals surface area (Å²) in [5, 5.41) is 17.2. The fourth-order valence-corrected chi connectivity index (χ4v) is 4.57. The molecule has 0 fully saturated rings. The zero-order chi connectivity index (χ0) is 24.7. The molecule has 1 aliphatic rings. The van der Waals surface area contributed by atoms with Crippen LogP contribution in [0.1, 0.15) is 54.0 Å². The van der Waals surface area contributed by atoms with E-state index >= 15 is 0 Å². The van der Waals surface area contributed by atoms with Gasteiger partial charge >= 0.3 is 0 Å². The summed E-state index contributed by atoms with van der Waals surface area (Å²) in [4.78, 5) is 20.1. The first kappa shape index (κ1) is 22.8. The molecule has 0 spiro atoms. The molecule has 0 saturated carbocycles. The summed E-state index contributed by atoms with van der Waals surface area (Å²) in [5.74, 6) is 0.752. The number of carbonyl (C=O) groups is 1. The summed E-state index contributed by atoms with van der Waals surface area (Å²) in [5.41, 5.74) is 5.87. The summed E-state index contributed by atoms with van der Waals surface area (Å²) in [6.45, 7) is 5.95. The van der Waals surface area contributed by atoms with Crippen LogP contribution in [0.4, 0.5) is 0 Å². The topological polar surface area (TPSA) is 91.3 Å². The summed E-state index contributed by atoms with van der Waals surface area (Å²) >= 11 is 0. The number of benzene rings is 2. The minimum atomic E-state index is -1.03. The molecule has 2 aromatic heterocycles. The smallest absolute Gasteiger partial charge is 0.255 e. The Morgan fingerprint density at radius 2 is 1.86 bits per heavy atom. The standard InChI is InChI=1S/C28H28N4O3/c1-17(18-6-5-7-22(10-18)35-4)32-16-25-23(19-8-9-26(29-13-19)28(2,3)34)11-20(12-24(25)27(32)33)21-14-30-31-15-21/h5-15,17,34H,16H2,1-4H3,(H,30,31)/t17-/m1/s1. The number of nitrogens with one attached hydrogen (secondary N) is 1. The number of pyridine rings is 1. The van der Waals surface area contributed by atoms with Gasteiger partial charge in [-0.3, -0.25) is 14.9 Å². The Kier molecular flexibility index (Phi) is 5.65. The van der Waals surface area contributed by atoms with Crippen molar-refractivity contribution in [1.29, 1.82) is 0 Å². The van der Waals surface area contributed by atoms with Gasteiger partial charge in [0.05, 0.1) is 25.0 Å².